The van der Waals surface area contributed by atoms with E-state index in [-0.39, 0.29) is 5.92 Å². The molecule has 2 rings (SSSR count). The average Bonchev–Trinajstić information content (AvgIpc) is 2.44. The number of nitrogens with two attached hydrogens (primary N) is 1. The molecule has 0 bridgehead atoms. The number of halogens is 3. The first-order chi connectivity index (χ1) is 9.54. The number of hydrogen-bond acceptors (Lipinski definition) is 2. The number of aliphatic hydroxyl groups excluding tert-OH is 1. The molecule has 0 amide bonds. The minimum Gasteiger partial charge on any atom is -0.388 e. The molecule has 0 radical (unpaired) electrons. The fourth-order valence-corrected chi connectivity index (χ4v) is 3.01. The van der Waals surface area contributed by atoms with E-state index in [1.165, 1.54) is 0 Å². The van der Waals surface area contributed by atoms with Gasteiger partial charge in [0.1, 0.15) is 0 Å². The van der Waals surface area contributed by atoms with Crippen LogP contribution in [0.4, 0.5) is 0 Å². The van der Waals surface area contributed by atoms with Gasteiger partial charge in [0.25, 0.3) is 0 Å². The summed E-state index contributed by atoms with van der Waals surface area (Å²) in [6.45, 7) is 0.339. The lowest BCUT2D eigenvalue weighted by Crippen LogP contribution is -2.20. The number of rotatable bonds is 4. The first-order valence-electron chi connectivity index (χ1n) is 6.12. The number of aliphatic hydroxyl groups is 1. The van der Waals surface area contributed by atoms with Crippen molar-refractivity contribution >= 4 is 43.5 Å². The third-order valence-electron chi connectivity index (χ3n) is 3.23. The third-order valence-corrected chi connectivity index (χ3v) is 5.07. The Labute approximate surface area is 140 Å². The second-order valence-electron chi connectivity index (χ2n) is 4.48. The SMILES string of the molecule is NCC(c1ccc(Br)cc1)C(O)c1cccc(Br)c1Cl. The summed E-state index contributed by atoms with van der Waals surface area (Å²) >= 11 is 13.0. The Balaban J connectivity index is 2.36. The van der Waals surface area contributed by atoms with Gasteiger partial charge in [0.2, 0.25) is 0 Å². The topological polar surface area (TPSA) is 46.2 Å². The van der Waals surface area contributed by atoms with Crippen LogP contribution in [0.3, 0.4) is 0 Å². The predicted octanol–water partition coefficient (Wildman–Crippen LogP) is 4.64. The van der Waals surface area contributed by atoms with Crippen LogP contribution < -0.4 is 5.73 Å². The zero-order valence-corrected chi connectivity index (χ0v) is 14.5. The van der Waals surface area contributed by atoms with Gasteiger partial charge in [0.15, 0.2) is 0 Å². The molecule has 2 atom stereocenters. The van der Waals surface area contributed by atoms with Crippen LogP contribution >= 0.6 is 43.5 Å². The van der Waals surface area contributed by atoms with E-state index >= 15 is 0 Å². The maximum atomic E-state index is 10.6. The lowest BCUT2D eigenvalue weighted by molar-refractivity contribution is 0.147. The van der Waals surface area contributed by atoms with Crippen molar-refractivity contribution < 1.29 is 5.11 Å². The van der Waals surface area contributed by atoms with Gasteiger partial charge >= 0.3 is 0 Å². The van der Waals surface area contributed by atoms with Crippen LogP contribution in [-0.4, -0.2) is 11.7 Å². The van der Waals surface area contributed by atoms with Crippen molar-refractivity contribution in [3.8, 4) is 0 Å². The van der Waals surface area contributed by atoms with Crippen LogP contribution in [0.1, 0.15) is 23.1 Å². The summed E-state index contributed by atoms with van der Waals surface area (Å²) in [4.78, 5) is 0. The van der Waals surface area contributed by atoms with E-state index in [1.807, 2.05) is 42.5 Å². The molecule has 20 heavy (non-hydrogen) atoms. The Morgan fingerprint density at radius 3 is 2.35 bits per heavy atom. The van der Waals surface area contributed by atoms with Gasteiger partial charge in [0, 0.05) is 27.0 Å². The molecular weight excluding hydrogens is 405 g/mol. The normalized spacial score (nSPS) is 14.1. The highest BCUT2D eigenvalue weighted by molar-refractivity contribution is 9.10. The summed E-state index contributed by atoms with van der Waals surface area (Å²) in [7, 11) is 0. The van der Waals surface area contributed by atoms with Crippen molar-refractivity contribution in [2.75, 3.05) is 6.54 Å². The van der Waals surface area contributed by atoms with E-state index in [4.69, 9.17) is 17.3 Å². The van der Waals surface area contributed by atoms with Crippen LogP contribution in [0.15, 0.2) is 51.4 Å². The van der Waals surface area contributed by atoms with E-state index in [1.54, 1.807) is 0 Å². The van der Waals surface area contributed by atoms with Gasteiger partial charge in [-0.3, -0.25) is 0 Å². The van der Waals surface area contributed by atoms with E-state index in [0.29, 0.717) is 17.1 Å². The number of benzene rings is 2. The van der Waals surface area contributed by atoms with Crippen LogP contribution in [0.5, 0.6) is 0 Å². The summed E-state index contributed by atoms with van der Waals surface area (Å²) in [6, 6.07) is 13.3. The van der Waals surface area contributed by atoms with Crippen molar-refractivity contribution in [3.63, 3.8) is 0 Å². The van der Waals surface area contributed by atoms with Crippen LogP contribution in [0.25, 0.3) is 0 Å². The molecule has 2 nitrogen and oxygen atoms in total. The van der Waals surface area contributed by atoms with Crippen molar-refractivity contribution in [2.45, 2.75) is 12.0 Å². The Bertz CT molecular complexity index is 589. The molecule has 0 fully saturated rings. The molecule has 0 saturated heterocycles. The molecule has 0 heterocycles. The van der Waals surface area contributed by atoms with E-state index in [0.717, 1.165) is 14.5 Å². The summed E-state index contributed by atoms with van der Waals surface area (Å²) in [5.74, 6) is -0.199. The van der Waals surface area contributed by atoms with E-state index in [9.17, 15) is 5.11 Å². The van der Waals surface area contributed by atoms with Gasteiger partial charge in [-0.05, 0) is 39.7 Å². The molecule has 0 aliphatic carbocycles. The highest BCUT2D eigenvalue weighted by Crippen LogP contribution is 2.37. The third kappa shape index (κ3) is 3.43. The molecule has 0 aliphatic rings. The van der Waals surface area contributed by atoms with Gasteiger partial charge in [0.05, 0.1) is 11.1 Å². The molecule has 5 heteroatoms. The first kappa shape index (κ1) is 16.0. The summed E-state index contributed by atoms with van der Waals surface area (Å²) in [5.41, 5.74) is 7.51. The van der Waals surface area contributed by atoms with Crippen molar-refractivity contribution in [3.05, 3.63) is 67.6 Å². The Hall–Kier alpha value is -0.390. The number of hydrogen-bond donors (Lipinski definition) is 2. The molecule has 0 saturated carbocycles. The molecule has 106 valence electrons. The molecule has 2 aromatic rings. The monoisotopic (exact) mass is 417 g/mol. The van der Waals surface area contributed by atoms with Gasteiger partial charge in [-0.1, -0.05) is 51.8 Å². The quantitative estimate of drug-likeness (QED) is 0.758. The van der Waals surface area contributed by atoms with E-state index in [2.05, 4.69) is 31.9 Å². The molecule has 2 aromatic carbocycles. The fourth-order valence-electron chi connectivity index (χ4n) is 2.12. The van der Waals surface area contributed by atoms with Gasteiger partial charge < -0.3 is 10.8 Å². The summed E-state index contributed by atoms with van der Waals surface area (Å²) < 4.78 is 1.76. The molecule has 0 aliphatic heterocycles. The second-order valence-corrected chi connectivity index (χ2v) is 6.63. The molecule has 0 aromatic heterocycles. The smallest absolute Gasteiger partial charge is 0.0885 e. The zero-order valence-electron chi connectivity index (χ0n) is 10.6. The lowest BCUT2D eigenvalue weighted by Gasteiger charge is -2.23. The molecule has 0 spiro atoms. The minimum atomic E-state index is -0.744. The highest BCUT2D eigenvalue weighted by atomic mass is 79.9. The Morgan fingerprint density at radius 1 is 1.10 bits per heavy atom. The second kappa shape index (κ2) is 7.05. The van der Waals surface area contributed by atoms with Crippen molar-refractivity contribution in [1.29, 1.82) is 0 Å². The van der Waals surface area contributed by atoms with Gasteiger partial charge in [-0.15, -0.1) is 0 Å². The van der Waals surface area contributed by atoms with Crippen molar-refractivity contribution in [1.82, 2.24) is 0 Å². The van der Waals surface area contributed by atoms with Crippen LogP contribution in [0.2, 0.25) is 5.02 Å². The molecular formula is C15H14Br2ClNO. The standard InChI is InChI=1S/C15H14Br2ClNO/c16-10-6-4-9(5-7-10)12(8-19)15(20)11-2-1-3-13(17)14(11)18/h1-7,12,15,20H,8,19H2. The zero-order chi connectivity index (χ0) is 14.7. The van der Waals surface area contributed by atoms with Gasteiger partial charge in [-0.2, -0.15) is 0 Å². The van der Waals surface area contributed by atoms with E-state index < -0.39 is 6.10 Å². The average molecular weight is 420 g/mol. The maximum absolute atomic E-state index is 10.6. The Kier molecular flexibility index (Phi) is 5.64. The largest absolute Gasteiger partial charge is 0.388 e. The maximum Gasteiger partial charge on any atom is 0.0885 e. The molecule has 2 unspecified atom stereocenters. The minimum absolute atomic E-state index is 0.199. The highest BCUT2D eigenvalue weighted by Gasteiger charge is 2.24. The lowest BCUT2D eigenvalue weighted by atomic mass is 9.89. The predicted molar refractivity (Wildman–Crippen MR) is 90.0 cm³/mol. The summed E-state index contributed by atoms with van der Waals surface area (Å²) in [6.07, 6.45) is -0.744. The molecule has 3 N–H and O–H groups in total. The first-order valence-corrected chi connectivity index (χ1v) is 8.08. The van der Waals surface area contributed by atoms with Gasteiger partial charge in [-0.25, -0.2) is 0 Å². The van der Waals surface area contributed by atoms with Crippen LogP contribution in [0, 0.1) is 0 Å². The fraction of sp³-hybridized carbons (Fsp3) is 0.200. The summed E-state index contributed by atoms with van der Waals surface area (Å²) in [5, 5.41) is 11.1. The Morgan fingerprint density at radius 2 is 1.75 bits per heavy atom. The van der Waals surface area contributed by atoms with Crippen LogP contribution in [-0.2, 0) is 0 Å². The van der Waals surface area contributed by atoms with Crippen molar-refractivity contribution in [2.24, 2.45) is 5.73 Å².